The van der Waals surface area contributed by atoms with E-state index in [2.05, 4.69) is 0 Å². The zero-order chi connectivity index (χ0) is 39.2. The number of unbranched alkanes of at least 4 members (excludes halogenated alkanes) is 10. The Morgan fingerprint density at radius 2 is 0.558 bits per heavy atom. The molecule has 0 atom stereocenters. The molecule has 0 bridgehead atoms. The fraction of sp³-hybridized carbons (Fsp3) is 0.667. The molecular formula is C36H58O16. The van der Waals surface area contributed by atoms with Crippen LogP contribution < -0.4 is 0 Å². The summed E-state index contributed by atoms with van der Waals surface area (Å²) in [4.78, 5) is 65.1. The Morgan fingerprint density at radius 3 is 0.731 bits per heavy atom. The molecule has 0 spiro atoms. The topological polar surface area (TPSA) is 261 Å². The van der Waals surface area contributed by atoms with Gasteiger partial charge in [-0.05, 0) is 49.9 Å². The van der Waals surface area contributed by atoms with Crippen LogP contribution in [-0.2, 0) is 38.1 Å². The summed E-state index contributed by atoms with van der Waals surface area (Å²) in [6.45, 7) is -0.231. The van der Waals surface area contributed by atoms with Crippen LogP contribution in [0.25, 0.3) is 0 Å². The summed E-state index contributed by atoms with van der Waals surface area (Å²) in [6.07, 6.45) is 12.7. The van der Waals surface area contributed by atoms with Gasteiger partial charge < -0.3 is 49.6 Å². The zero-order valence-electron chi connectivity index (χ0n) is 30.0. The van der Waals surface area contributed by atoms with E-state index in [4.69, 9.17) is 49.6 Å². The van der Waals surface area contributed by atoms with E-state index in [-0.39, 0.29) is 87.9 Å². The van der Waals surface area contributed by atoms with E-state index < -0.39 is 11.9 Å². The Kier molecular flexibility index (Phi) is 35.2. The average Bonchev–Trinajstić information content (AvgIpc) is 3.13. The van der Waals surface area contributed by atoms with Crippen molar-refractivity contribution in [3.05, 3.63) is 35.4 Å². The molecule has 1 aromatic rings. The van der Waals surface area contributed by atoms with E-state index in [1.54, 1.807) is 0 Å². The van der Waals surface area contributed by atoms with Gasteiger partial charge in [0.05, 0.1) is 37.6 Å². The van der Waals surface area contributed by atoms with Crippen molar-refractivity contribution in [2.45, 2.75) is 103 Å². The van der Waals surface area contributed by atoms with Gasteiger partial charge in [0.1, 0.15) is 26.4 Å². The molecule has 0 unspecified atom stereocenters. The number of carbonyl (C=O) groups excluding carboxylic acids is 4. The minimum atomic E-state index is -1.06. The Hall–Kier alpha value is -4.12. The highest BCUT2D eigenvalue weighted by Crippen LogP contribution is 2.11. The molecule has 0 fully saturated rings. The van der Waals surface area contributed by atoms with Crippen molar-refractivity contribution in [1.29, 1.82) is 0 Å². The Labute approximate surface area is 305 Å². The summed E-state index contributed by atoms with van der Waals surface area (Å²) in [7, 11) is 0. The molecule has 0 aliphatic heterocycles. The van der Waals surface area contributed by atoms with Crippen LogP contribution in [0.15, 0.2) is 24.3 Å². The second kappa shape index (κ2) is 36.7. The Balaban J connectivity index is 0. The number of ether oxygens (including phenoxy) is 4. The number of aliphatic hydroxyl groups is 4. The van der Waals surface area contributed by atoms with E-state index in [1.807, 2.05) is 0 Å². The third-order valence-corrected chi connectivity index (χ3v) is 6.82. The number of aliphatic hydroxyl groups excluding tert-OH is 4. The molecule has 1 rings (SSSR count). The van der Waals surface area contributed by atoms with Crippen LogP contribution in [0, 0.1) is 0 Å². The van der Waals surface area contributed by atoms with Crippen molar-refractivity contribution in [3.8, 4) is 0 Å². The molecule has 0 radical (unpaired) electrons. The number of carbonyl (C=O) groups is 6. The van der Waals surface area contributed by atoms with Crippen LogP contribution in [0.3, 0.4) is 0 Å². The van der Waals surface area contributed by atoms with E-state index in [1.165, 1.54) is 24.3 Å². The Morgan fingerprint density at radius 1 is 0.365 bits per heavy atom. The lowest BCUT2D eigenvalue weighted by atomic mass is 10.1. The summed E-state index contributed by atoms with van der Waals surface area (Å²) in [5.74, 6) is -3.16. The highest BCUT2D eigenvalue weighted by molar-refractivity contribution is 5.91. The van der Waals surface area contributed by atoms with Crippen molar-refractivity contribution < 1.29 is 78.4 Å². The van der Waals surface area contributed by atoms with Crippen LogP contribution in [0.5, 0.6) is 0 Å². The molecule has 1 aromatic carbocycles. The first-order valence-electron chi connectivity index (χ1n) is 17.6. The summed E-state index contributed by atoms with van der Waals surface area (Å²) < 4.78 is 18.9. The molecule has 52 heavy (non-hydrogen) atoms. The van der Waals surface area contributed by atoms with Crippen molar-refractivity contribution >= 4 is 35.8 Å². The molecule has 0 saturated heterocycles. The highest BCUT2D eigenvalue weighted by atomic mass is 16.6. The fourth-order valence-electron chi connectivity index (χ4n) is 4.17. The number of rotatable bonds is 28. The van der Waals surface area contributed by atoms with Crippen molar-refractivity contribution in [1.82, 2.24) is 0 Å². The van der Waals surface area contributed by atoms with Crippen LogP contribution in [0.1, 0.15) is 123 Å². The molecule has 298 valence electrons. The van der Waals surface area contributed by atoms with Gasteiger partial charge in [-0.2, -0.15) is 0 Å². The summed E-state index contributed by atoms with van der Waals surface area (Å²) >= 11 is 0. The largest absolute Gasteiger partial charge is 0.478 e. The molecule has 0 aliphatic rings. The van der Waals surface area contributed by atoms with Crippen molar-refractivity contribution in [2.75, 3.05) is 52.9 Å². The smallest absolute Gasteiger partial charge is 0.335 e. The third-order valence-electron chi connectivity index (χ3n) is 6.82. The third kappa shape index (κ3) is 34.3. The first kappa shape index (κ1) is 50.0. The van der Waals surface area contributed by atoms with Crippen LogP contribution in [0.2, 0.25) is 0 Å². The van der Waals surface area contributed by atoms with Crippen LogP contribution in [0.4, 0.5) is 0 Å². The molecule has 0 saturated carbocycles. The number of hydrogen-bond donors (Lipinski definition) is 6. The number of aromatic carboxylic acids is 2. The first-order chi connectivity index (χ1) is 25.0. The molecule has 16 heteroatoms. The highest BCUT2D eigenvalue weighted by Gasteiger charge is 2.06. The van der Waals surface area contributed by atoms with Gasteiger partial charge in [-0.3, -0.25) is 19.2 Å². The average molecular weight is 747 g/mol. The molecule has 0 amide bonds. The molecule has 0 aliphatic carbocycles. The lowest BCUT2D eigenvalue weighted by Crippen LogP contribution is -2.08. The number of hydrogen-bond acceptors (Lipinski definition) is 14. The molecule has 16 nitrogen and oxygen atoms in total. The normalized spacial score (nSPS) is 10.1. The van der Waals surface area contributed by atoms with Crippen molar-refractivity contribution in [2.24, 2.45) is 0 Å². The lowest BCUT2D eigenvalue weighted by Gasteiger charge is -2.04. The molecule has 0 aromatic heterocycles. The predicted octanol–water partition coefficient (Wildman–Crippen LogP) is 3.44. The number of carboxylic acid groups (broad SMARTS) is 2. The van der Waals surface area contributed by atoms with Gasteiger partial charge in [0.25, 0.3) is 0 Å². The maximum Gasteiger partial charge on any atom is 0.335 e. The minimum absolute atomic E-state index is 0.0746. The van der Waals surface area contributed by atoms with Gasteiger partial charge in [-0.25, -0.2) is 9.59 Å². The van der Waals surface area contributed by atoms with Gasteiger partial charge in [-0.1, -0.05) is 51.4 Å². The van der Waals surface area contributed by atoms with Gasteiger partial charge in [0.2, 0.25) is 0 Å². The molecule has 0 heterocycles. The van der Waals surface area contributed by atoms with Gasteiger partial charge in [0, 0.05) is 25.7 Å². The molecular weight excluding hydrogens is 688 g/mol. The van der Waals surface area contributed by atoms with Gasteiger partial charge in [0.15, 0.2) is 0 Å². The minimum Gasteiger partial charge on any atom is -0.478 e. The number of esters is 4. The van der Waals surface area contributed by atoms with E-state index >= 15 is 0 Å². The van der Waals surface area contributed by atoms with E-state index in [0.717, 1.165) is 77.0 Å². The van der Waals surface area contributed by atoms with Crippen LogP contribution in [-0.4, -0.2) is 119 Å². The number of carboxylic acids is 2. The standard InChI is InChI=1S/2C14H26O6.C8H6O4/c2*15-9-11-19-13(17)7-5-3-1-2-4-6-8-14(18)20-12-10-16;9-7(10)5-1-2-6(4-3-5)8(11)12/h2*15-16H,1-12H2;1-4H,(H,9,10)(H,11,12). The fourth-order valence-corrected chi connectivity index (χ4v) is 4.17. The maximum absolute atomic E-state index is 11.1. The summed E-state index contributed by atoms with van der Waals surface area (Å²) in [6, 6.07) is 5.02. The Bertz CT molecular complexity index is 953. The van der Waals surface area contributed by atoms with E-state index in [9.17, 15) is 28.8 Å². The summed E-state index contributed by atoms with van der Waals surface area (Å²) in [5, 5.41) is 50.8. The number of benzene rings is 1. The second-order valence-electron chi connectivity index (χ2n) is 11.2. The predicted molar refractivity (Wildman–Crippen MR) is 186 cm³/mol. The monoisotopic (exact) mass is 746 g/mol. The molecule has 6 N–H and O–H groups in total. The zero-order valence-corrected chi connectivity index (χ0v) is 30.0. The van der Waals surface area contributed by atoms with Gasteiger partial charge in [-0.15, -0.1) is 0 Å². The van der Waals surface area contributed by atoms with E-state index in [0.29, 0.717) is 25.7 Å². The second-order valence-corrected chi connectivity index (χ2v) is 11.2. The van der Waals surface area contributed by atoms with Crippen molar-refractivity contribution in [3.63, 3.8) is 0 Å². The first-order valence-corrected chi connectivity index (χ1v) is 17.6. The lowest BCUT2D eigenvalue weighted by molar-refractivity contribution is -0.145. The quantitative estimate of drug-likeness (QED) is 0.0408. The maximum atomic E-state index is 11.1. The van der Waals surface area contributed by atoms with Crippen LogP contribution >= 0.6 is 0 Å². The summed E-state index contributed by atoms with van der Waals surface area (Å²) in [5.41, 5.74) is 0.167. The SMILES string of the molecule is O=C(CCCCCCCCC(=O)OCCO)OCCO.O=C(CCCCCCCCC(=O)OCCO)OCCO.O=C(O)c1ccc(C(=O)O)cc1. The van der Waals surface area contributed by atoms with Gasteiger partial charge >= 0.3 is 35.8 Å².